The van der Waals surface area contributed by atoms with Crippen molar-refractivity contribution in [2.75, 3.05) is 25.5 Å². The molecule has 9 heteroatoms. The Labute approximate surface area is 178 Å². The minimum absolute atomic E-state index is 0.0412. The second kappa shape index (κ2) is 7.81. The molecule has 2 unspecified atom stereocenters. The lowest BCUT2D eigenvalue weighted by Gasteiger charge is -2.34. The highest BCUT2D eigenvalue weighted by Crippen LogP contribution is 2.66. The number of aliphatic hydroxyl groups is 1. The lowest BCUT2D eigenvalue weighted by atomic mass is 9.71. The standard InChI is InChI=1S/C20H24ClN3O4S/c1-22-17(26)14-13-7-8-20(29-13)15(14)19(28)24(9-4-10-25)16(20)18(27)23-12-6-3-2-5-11(12)21/h2-3,5-6,13-16,25H,4,7-10H2,1H3,(H,22,26)(H,23,27)/t13-,14+,15-,16?,20?/m0/s1. The van der Waals surface area contributed by atoms with Gasteiger partial charge in [0.1, 0.15) is 6.04 Å². The molecule has 0 aromatic heterocycles. The van der Waals surface area contributed by atoms with Crippen LogP contribution in [0.2, 0.25) is 5.02 Å². The van der Waals surface area contributed by atoms with Crippen LogP contribution in [-0.2, 0) is 14.4 Å². The lowest BCUT2D eigenvalue weighted by molar-refractivity contribution is -0.139. The van der Waals surface area contributed by atoms with Gasteiger partial charge in [-0.25, -0.2) is 0 Å². The Morgan fingerprint density at radius 3 is 2.79 bits per heavy atom. The first kappa shape index (κ1) is 20.5. The van der Waals surface area contributed by atoms with Gasteiger partial charge in [0.25, 0.3) is 0 Å². The molecular formula is C20H24ClN3O4S. The summed E-state index contributed by atoms with van der Waals surface area (Å²) in [6.07, 6.45) is 1.89. The van der Waals surface area contributed by atoms with Gasteiger partial charge in [-0.05, 0) is 31.4 Å². The number of para-hydroxylation sites is 1. The maximum absolute atomic E-state index is 13.4. The van der Waals surface area contributed by atoms with Crippen LogP contribution in [0, 0.1) is 11.8 Å². The van der Waals surface area contributed by atoms with Gasteiger partial charge in [0.15, 0.2) is 0 Å². The molecule has 3 N–H and O–H groups in total. The molecule has 3 saturated heterocycles. The predicted molar refractivity (Wildman–Crippen MR) is 112 cm³/mol. The summed E-state index contributed by atoms with van der Waals surface area (Å²) >= 11 is 7.82. The van der Waals surface area contributed by atoms with Crippen molar-refractivity contribution in [1.82, 2.24) is 10.2 Å². The summed E-state index contributed by atoms with van der Waals surface area (Å²) in [7, 11) is 1.58. The molecule has 0 saturated carbocycles. The van der Waals surface area contributed by atoms with Gasteiger partial charge in [-0.2, -0.15) is 0 Å². The summed E-state index contributed by atoms with van der Waals surface area (Å²) in [5, 5.41) is 15.3. The highest BCUT2D eigenvalue weighted by molar-refractivity contribution is 8.02. The van der Waals surface area contributed by atoms with Crippen molar-refractivity contribution in [3.05, 3.63) is 29.3 Å². The van der Waals surface area contributed by atoms with Gasteiger partial charge < -0.3 is 20.6 Å². The molecule has 156 valence electrons. The fraction of sp³-hybridized carbons (Fsp3) is 0.550. The van der Waals surface area contributed by atoms with Crippen molar-refractivity contribution in [2.45, 2.75) is 35.3 Å². The number of likely N-dealkylation sites (tertiary alicyclic amines) is 1. The normalized spacial score (nSPS) is 32.4. The second-order valence-electron chi connectivity index (χ2n) is 7.75. The van der Waals surface area contributed by atoms with Crippen LogP contribution in [0.5, 0.6) is 0 Å². The number of thioether (sulfide) groups is 1. The molecule has 3 aliphatic heterocycles. The van der Waals surface area contributed by atoms with Crippen molar-refractivity contribution in [1.29, 1.82) is 0 Å². The highest BCUT2D eigenvalue weighted by Gasteiger charge is 2.73. The number of amides is 3. The Morgan fingerprint density at radius 1 is 1.34 bits per heavy atom. The van der Waals surface area contributed by atoms with Gasteiger partial charge in [-0.15, -0.1) is 11.8 Å². The zero-order valence-electron chi connectivity index (χ0n) is 16.1. The summed E-state index contributed by atoms with van der Waals surface area (Å²) in [4.78, 5) is 40.9. The first-order valence-corrected chi connectivity index (χ1v) is 11.1. The Morgan fingerprint density at radius 2 is 2.10 bits per heavy atom. The smallest absolute Gasteiger partial charge is 0.248 e. The fourth-order valence-corrected chi connectivity index (χ4v) is 7.57. The molecule has 7 nitrogen and oxygen atoms in total. The van der Waals surface area contributed by atoms with E-state index in [1.54, 1.807) is 48.0 Å². The molecule has 1 aromatic carbocycles. The molecule has 3 aliphatic rings. The van der Waals surface area contributed by atoms with E-state index >= 15 is 0 Å². The van der Waals surface area contributed by atoms with Crippen LogP contribution < -0.4 is 10.6 Å². The Kier molecular flexibility index (Phi) is 5.52. The van der Waals surface area contributed by atoms with E-state index in [1.807, 2.05) is 0 Å². The summed E-state index contributed by atoms with van der Waals surface area (Å²) in [5.74, 6) is -1.55. The number of rotatable bonds is 6. The summed E-state index contributed by atoms with van der Waals surface area (Å²) < 4.78 is -0.625. The van der Waals surface area contributed by atoms with Crippen molar-refractivity contribution < 1.29 is 19.5 Å². The van der Waals surface area contributed by atoms with Crippen molar-refractivity contribution in [3.63, 3.8) is 0 Å². The Hall–Kier alpha value is -1.77. The number of carbonyl (C=O) groups is 3. The van der Waals surface area contributed by atoms with Crippen molar-refractivity contribution >= 4 is 46.8 Å². The van der Waals surface area contributed by atoms with E-state index in [9.17, 15) is 19.5 Å². The van der Waals surface area contributed by atoms with Gasteiger partial charge in [0.05, 0.1) is 27.3 Å². The van der Waals surface area contributed by atoms with Crippen LogP contribution in [-0.4, -0.2) is 64.0 Å². The first-order valence-electron chi connectivity index (χ1n) is 9.80. The number of nitrogens with one attached hydrogen (secondary N) is 2. The number of aliphatic hydroxyl groups excluding tert-OH is 1. The van der Waals surface area contributed by atoms with Crippen LogP contribution in [0.15, 0.2) is 24.3 Å². The third-order valence-corrected chi connectivity index (χ3v) is 8.57. The van der Waals surface area contributed by atoms with Gasteiger partial charge in [-0.1, -0.05) is 23.7 Å². The number of benzene rings is 1. The molecule has 3 amide bonds. The topological polar surface area (TPSA) is 98.7 Å². The summed E-state index contributed by atoms with van der Waals surface area (Å²) in [6.45, 7) is 0.203. The van der Waals surface area contributed by atoms with E-state index in [2.05, 4.69) is 10.6 Å². The first-order chi connectivity index (χ1) is 13.9. The predicted octanol–water partition coefficient (Wildman–Crippen LogP) is 1.50. The average molecular weight is 438 g/mol. The van der Waals surface area contributed by atoms with Gasteiger partial charge in [-0.3, -0.25) is 14.4 Å². The number of hydrogen-bond acceptors (Lipinski definition) is 5. The van der Waals surface area contributed by atoms with E-state index in [-0.39, 0.29) is 36.1 Å². The van der Waals surface area contributed by atoms with Gasteiger partial charge in [0.2, 0.25) is 17.7 Å². The van der Waals surface area contributed by atoms with Crippen LogP contribution in [0.25, 0.3) is 0 Å². The maximum Gasteiger partial charge on any atom is 0.248 e. The van der Waals surface area contributed by atoms with E-state index in [4.69, 9.17) is 11.6 Å². The number of halogens is 1. The van der Waals surface area contributed by atoms with Gasteiger partial charge >= 0.3 is 0 Å². The fourth-order valence-electron chi connectivity index (χ4n) is 5.17. The van der Waals surface area contributed by atoms with Crippen LogP contribution >= 0.6 is 23.4 Å². The largest absolute Gasteiger partial charge is 0.396 e. The number of hydrogen-bond donors (Lipinski definition) is 3. The number of carbonyl (C=O) groups excluding carboxylic acids is 3. The third kappa shape index (κ3) is 3.12. The quantitative estimate of drug-likeness (QED) is 0.626. The van der Waals surface area contributed by atoms with E-state index in [0.29, 0.717) is 23.6 Å². The number of anilines is 1. The van der Waals surface area contributed by atoms with E-state index in [1.165, 1.54) is 0 Å². The zero-order chi connectivity index (χ0) is 20.8. The Bertz CT molecular complexity index is 853. The second-order valence-corrected chi connectivity index (χ2v) is 9.76. The molecule has 0 aliphatic carbocycles. The summed E-state index contributed by atoms with van der Waals surface area (Å²) in [5.41, 5.74) is 0.494. The molecule has 2 bridgehead atoms. The molecule has 0 radical (unpaired) electrons. The molecule has 1 spiro atoms. The highest BCUT2D eigenvalue weighted by atomic mass is 35.5. The van der Waals surface area contributed by atoms with Crippen LogP contribution in [0.3, 0.4) is 0 Å². The molecule has 3 fully saturated rings. The molecule has 5 atom stereocenters. The number of fused-ring (bicyclic) bond motifs is 1. The van der Waals surface area contributed by atoms with Crippen LogP contribution in [0.1, 0.15) is 19.3 Å². The molecule has 29 heavy (non-hydrogen) atoms. The van der Waals surface area contributed by atoms with Crippen LogP contribution in [0.4, 0.5) is 5.69 Å². The summed E-state index contributed by atoms with van der Waals surface area (Å²) in [6, 6.07) is 6.27. The minimum atomic E-state index is -0.701. The van der Waals surface area contributed by atoms with E-state index < -0.39 is 22.6 Å². The minimum Gasteiger partial charge on any atom is -0.396 e. The molecule has 3 heterocycles. The zero-order valence-corrected chi connectivity index (χ0v) is 17.6. The monoisotopic (exact) mass is 437 g/mol. The van der Waals surface area contributed by atoms with E-state index in [0.717, 1.165) is 6.42 Å². The molecule has 1 aromatic rings. The average Bonchev–Trinajstić information content (AvgIpc) is 3.35. The SMILES string of the molecule is CNC(=O)[C@@H]1[C@@H]2CCC3(S2)C(C(=O)Nc2ccccc2Cl)N(CCCO)C(=O)[C@H]13. The number of nitrogens with zero attached hydrogens (tertiary/aromatic N) is 1. The molecular weight excluding hydrogens is 414 g/mol. The molecule has 4 rings (SSSR count). The third-order valence-electron chi connectivity index (χ3n) is 6.29. The lowest BCUT2D eigenvalue weighted by Crippen LogP contribution is -2.51. The van der Waals surface area contributed by atoms with Crippen molar-refractivity contribution in [3.8, 4) is 0 Å². The van der Waals surface area contributed by atoms with Gasteiger partial charge in [0, 0.05) is 25.4 Å². The maximum atomic E-state index is 13.4. The van der Waals surface area contributed by atoms with Crippen molar-refractivity contribution in [2.24, 2.45) is 11.8 Å². The Balaban J connectivity index is 1.70.